The minimum Gasteiger partial charge on any atom is -0.492 e. The molecule has 10 heteroatoms. The van der Waals surface area contributed by atoms with Gasteiger partial charge in [-0.2, -0.15) is 0 Å². The fraction of sp³-hybridized carbons (Fsp3) is 0.355. The number of ketones is 1. The van der Waals surface area contributed by atoms with Crippen LogP contribution < -0.4 is 15.1 Å². The molecule has 2 aromatic carbocycles. The van der Waals surface area contributed by atoms with Gasteiger partial charge in [0.2, 0.25) is 0 Å². The van der Waals surface area contributed by atoms with Crippen molar-refractivity contribution in [3.63, 3.8) is 0 Å². The predicted octanol–water partition coefficient (Wildman–Crippen LogP) is 5.44. The standard InChI is InChI=1S/C30H27F2N3O5.CH4/c1-16(36)22-14-34(18-9-10-18)25-21(27(22)37)12-23(31)26(28(25)40-2)33-11-5-6-17(13-33)24(32)15-35-29(38)19-7-3-4-8-20(19)30(35)39;/h3-4,7-8,12,14,18H,5-6,9-11,13,15H2,1-2H3;1H4/b24-17+;. The number of methoxy groups -OCH3 is 1. The van der Waals surface area contributed by atoms with Gasteiger partial charge < -0.3 is 14.2 Å². The molecule has 0 atom stereocenters. The fourth-order valence-electron chi connectivity index (χ4n) is 5.74. The lowest BCUT2D eigenvalue weighted by Gasteiger charge is -2.33. The van der Waals surface area contributed by atoms with Crippen LogP contribution in [0.15, 0.2) is 52.7 Å². The molecule has 8 nitrogen and oxygen atoms in total. The number of fused-ring (bicyclic) bond motifs is 2. The summed E-state index contributed by atoms with van der Waals surface area (Å²) in [6.45, 7) is 1.23. The third kappa shape index (κ3) is 4.61. The Balaban J connectivity index is 0.00000337. The molecule has 6 rings (SSSR count). The van der Waals surface area contributed by atoms with Crippen molar-refractivity contribution in [3.05, 3.63) is 80.7 Å². The van der Waals surface area contributed by atoms with Crippen molar-refractivity contribution >= 4 is 34.2 Å². The van der Waals surface area contributed by atoms with Gasteiger partial charge in [-0.1, -0.05) is 19.6 Å². The van der Waals surface area contributed by atoms with Crippen molar-refractivity contribution in [2.45, 2.75) is 46.1 Å². The molecule has 3 aromatic rings. The molecule has 0 unspecified atom stereocenters. The molecule has 2 amide bonds. The monoisotopic (exact) mass is 563 g/mol. The number of ether oxygens (including phenoxy) is 1. The van der Waals surface area contributed by atoms with Gasteiger partial charge in [-0.15, -0.1) is 0 Å². The number of carbonyl (C=O) groups is 3. The van der Waals surface area contributed by atoms with E-state index in [-0.39, 0.29) is 53.5 Å². The second-order valence-electron chi connectivity index (χ2n) is 10.5. The first-order valence-corrected chi connectivity index (χ1v) is 13.2. The van der Waals surface area contributed by atoms with Crippen molar-refractivity contribution < 1.29 is 27.9 Å². The Bertz CT molecular complexity index is 1670. The van der Waals surface area contributed by atoms with Crippen molar-refractivity contribution in [2.75, 3.05) is 31.6 Å². The van der Waals surface area contributed by atoms with Gasteiger partial charge in [0.1, 0.15) is 11.5 Å². The first-order chi connectivity index (χ1) is 19.2. The van der Waals surface area contributed by atoms with E-state index in [2.05, 4.69) is 0 Å². The van der Waals surface area contributed by atoms with E-state index in [1.807, 2.05) is 4.57 Å². The number of nitrogens with zero attached hydrogens (tertiary/aromatic N) is 3. The number of halogens is 2. The molecule has 3 heterocycles. The second kappa shape index (κ2) is 10.6. The molecule has 1 aliphatic carbocycles. The number of piperidine rings is 1. The molecule has 2 aliphatic heterocycles. The molecular formula is C31H31F2N3O5. The van der Waals surface area contributed by atoms with E-state index >= 15 is 8.78 Å². The summed E-state index contributed by atoms with van der Waals surface area (Å²) in [5.74, 6) is -2.67. The molecular weight excluding hydrogens is 532 g/mol. The molecule has 3 aliphatic rings. The van der Waals surface area contributed by atoms with Crippen LogP contribution in [0.1, 0.15) is 77.1 Å². The molecule has 1 saturated carbocycles. The summed E-state index contributed by atoms with van der Waals surface area (Å²) in [6.07, 6.45) is 4.12. The number of imide groups is 1. The van der Waals surface area contributed by atoms with E-state index in [0.29, 0.717) is 30.5 Å². The lowest BCUT2D eigenvalue weighted by Crippen LogP contribution is -2.35. The fourth-order valence-corrected chi connectivity index (χ4v) is 5.74. The summed E-state index contributed by atoms with van der Waals surface area (Å²) >= 11 is 0. The van der Waals surface area contributed by atoms with Crippen molar-refractivity contribution in [1.82, 2.24) is 9.47 Å². The Labute approximate surface area is 235 Å². The Morgan fingerprint density at radius 1 is 1.10 bits per heavy atom. The van der Waals surface area contributed by atoms with Crippen LogP contribution in [0.3, 0.4) is 0 Å². The highest BCUT2D eigenvalue weighted by molar-refractivity contribution is 6.21. The molecule has 0 spiro atoms. The van der Waals surface area contributed by atoms with Crippen LogP contribution >= 0.6 is 0 Å². The van der Waals surface area contributed by atoms with E-state index in [0.717, 1.165) is 23.8 Å². The van der Waals surface area contributed by atoms with Crippen LogP contribution in [0.2, 0.25) is 0 Å². The Kier molecular flexibility index (Phi) is 7.27. The zero-order valence-electron chi connectivity index (χ0n) is 22.1. The highest BCUT2D eigenvalue weighted by Crippen LogP contribution is 2.44. The molecule has 41 heavy (non-hydrogen) atoms. The summed E-state index contributed by atoms with van der Waals surface area (Å²) in [6, 6.07) is 7.57. The zero-order valence-corrected chi connectivity index (χ0v) is 22.1. The molecule has 2 fully saturated rings. The molecule has 214 valence electrons. The lowest BCUT2D eigenvalue weighted by molar-refractivity contribution is 0.0659. The van der Waals surface area contributed by atoms with E-state index in [1.165, 1.54) is 20.2 Å². The minimum absolute atomic E-state index is 0. The van der Waals surface area contributed by atoms with Gasteiger partial charge in [0.25, 0.3) is 11.8 Å². The number of benzene rings is 2. The summed E-state index contributed by atoms with van der Waals surface area (Å²) < 4.78 is 38.9. The van der Waals surface area contributed by atoms with Crippen LogP contribution in [0.4, 0.5) is 14.5 Å². The number of hydrogen-bond acceptors (Lipinski definition) is 6. The van der Waals surface area contributed by atoms with Crippen LogP contribution in [0.5, 0.6) is 5.75 Å². The Morgan fingerprint density at radius 2 is 1.76 bits per heavy atom. The van der Waals surface area contributed by atoms with Gasteiger partial charge in [0, 0.05) is 25.3 Å². The van der Waals surface area contributed by atoms with Crippen LogP contribution in [-0.4, -0.2) is 53.8 Å². The first-order valence-electron chi connectivity index (χ1n) is 13.2. The van der Waals surface area contributed by atoms with Gasteiger partial charge in [-0.3, -0.25) is 24.1 Å². The number of Topliss-reactive ketones (excluding diaryl/α,β-unsaturated/α-hetero) is 1. The number of pyridine rings is 1. The minimum atomic E-state index is -0.716. The number of aromatic nitrogens is 1. The van der Waals surface area contributed by atoms with Crippen molar-refractivity contribution in [3.8, 4) is 5.75 Å². The summed E-state index contributed by atoms with van der Waals surface area (Å²) in [7, 11) is 1.39. The first kappa shape index (κ1) is 28.2. The van der Waals surface area contributed by atoms with E-state index in [9.17, 15) is 19.2 Å². The summed E-state index contributed by atoms with van der Waals surface area (Å²) in [5, 5.41) is 0.0577. The number of amides is 2. The number of hydrogen-bond donors (Lipinski definition) is 0. The quantitative estimate of drug-likeness (QED) is 0.293. The second-order valence-corrected chi connectivity index (χ2v) is 10.5. The largest absolute Gasteiger partial charge is 0.492 e. The average Bonchev–Trinajstić information content (AvgIpc) is 3.77. The molecule has 0 bridgehead atoms. The number of carbonyl (C=O) groups excluding carboxylic acids is 3. The maximum Gasteiger partial charge on any atom is 0.261 e. The molecule has 0 N–H and O–H groups in total. The van der Waals surface area contributed by atoms with Crippen LogP contribution in [0, 0.1) is 5.82 Å². The maximum atomic E-state index is 15.8. The topological polar surface area (TPSA) is 88.9 Å². The third-order valence-electron chi connectivity index (χ3n) is 7.89. The van der Waals surface area contributed by atoms with Crippen molar-refractivity contribution in [1.29, 1.82) is 0 Å². The van der Waals surface area contributed by atoms with Crippen LogP contribution in [0.25, 0.3) is 10.9 Å². The van der Waals surface area contributed by atoms with E-state index in [4.69, 9.17) is 4.74 Å². The lowest BCUT2D eigenvalue weighted by atomic mass is 10.0. The number of rotatable bonds is 6. The third-order valence-corrected chi connectivity index (χ3v) is 7.89. The van der Waals surface area contributed by atoms with Gasteiger partial charge >= 0.3 is 0 Å². The summed E-state index contributed by atoms with van der Waals surface area (Å²) in [4.78, 5) is 53.3. The zero-order chi connectivity index (χ0) is 28.3. The molecule has 1 saturated heterocycles. The SMILES string of the molecule is C.COc1c(N2CCC/C(=C(\F)CN3C(=O)c4ccccc4C3=O)C2)c(F)cc2c(=O)c(C(C)=O)cn(C3CC3)c12. The average molecular weight is 564 g/mol. The summed E-state index contributed by atoms with van der Waals surface area (Å²) in [5.41, 5.74) is 0.780. The highest BCUT2D eigenvalue weighted by atomic mass is 19.1. The van der Waals surface area contributed by atoms with Gasteiger partial charge in [-0.05, 0) is 56.4 Å². The predicted molar refractivity (Wildman–Crippen MR) is 151 cm³/mol. The Hall–Kier alpha value is -4.34. The normalized spacial score (nSPS) is 18.0. The van der Waals surface area contributed by atoms with Gasteiger partial charge in [-0.25, -0.2) is 8.78 Å². The van der Waals surface area contributed by atoms with Crippen molar-refractivity contribution in [2.24, 2.45) is 0 Å². The van der Waals surface area contributed by atoms with E-state index < -0.39 is 41.2 Å². The Morgan fingerprint density at radius 3 is 2.34 bits per heavy atom. The number of anilines is 1. The maximum absolute atomic E-state index is 15.8. The highest BCUT2D eigenvalue weighted by Gasteiger charge is 2.37. The molecule has 1 aromatic heterocycles. The van der Waals surface area contributed by atoms with Gasteiger partial charge in [0.15, 0.2) is 22.8 Å². The smallest absolute Gasteiger partial charge is 0.261 e. The molecule has 0 radical (unpaired) electrons. The van der Waals surface area contributed by atoms with Crippen LogP contribution in [-0.2, 0) is 0 Å². The van der Waals surface area contributed by atoms with E-state index in [1.54, 1.807) is 29.2 Å². The van der Waals surface area contributed by atoms with Gasteiger partial charge in [0.05, 0.1) is 41.2 Å².